The third kappa shape index (κ3) is 3.19. The Morgan fingerprint density at radius 1 is 1.59 bits per heavy atom. The smallest absolute Gasteiger partial charge is 0.161 e. The molecule has 2 rings (SSSR count). The van der Waals surface area contributed by atoms with E-state index < -0.39 is 15.1 Å². The first-order chi connectivity index (χ1) is 7.99. The molecule has 17 heavy (non-hydrogen) atoms. The van der Waals surface area contributed by atoms with Gasteiger partial charge in [-0.05, 0) is 28.4 Å². The van der Waals surface area contributed by atoms with Crippen LogP contribution in [0.2, 0.25) is 5.02 Å². The standard InChI is InChI=1S/C10H11BrClNO3S/c11-7-3-9(12)10(13-4-7)6-17(14,15)8-1-2-16-5-8/h3-4,8H,1-2,5-6H2. The molecule has 1 saturated heterocycles. The molecule has 7 heteroatoms. The van der Waals surface area contributed by atoms with Gasteiger partial charge in [0.15, 0.2) is 9.84 Å². The quantitative estimate of drug-likeness (QED) is 0.846. The van der Waals surface area contributed by atoms with Gasteiger partial charge in [-0.1, -0.05) is 11.6 Å². The van der Waals surface area contributed by atoms with Gasteiger partial charge in [-0.25, -0.2) is 8.42 Å². The van der Waals surface area contributed by atoms with E-state index in [1.54, 1.807) is 12.3 Å². The topological polar surface area (TPSA) is 56.3 Å². The number of pyridine rings is 1. The second-order valence-electron chi connectivity index (χ2n) is 3.87. The molecule has 0 spiro atoms. The summed E-state index contributed by atoms with van der Waals surface area (Å²) in [6.45, 7) is 0.780. The zero-order valence-electron chi connectivity index (χ0n) is 8.90. The molecule has 1 aromatic heterocycles. The zero-order chi connectivity index (χ0) is 12.5. The van der Waals surface area contributed by atoms with Crippen molar-refractivity contribution in [3.05, 3.63) is 27.5 Å². The van der Waals surface area contributed by atoms with E-state index in [4.69, 9.17) is 16.3 Å². The lowest BCUT2D eigenvalue weighted by atomic mass is 10.4. The van der Waals surface area contributed by atoms with Crippen LogP contribution in [-0.2, 0) is 20.3 Å². The second-order valence-corrected chi connectivity index (χ2v) is 7.48. The summed E-state index contributed by atoms with van der Waals surface area (Å²) in [7, 11) is -3.24. The minimum Gasteiger partial charge on any atom is -0.380 e. The van der Waals surface area contributed by atoms with Gasteiger partial charge in [-0.3, -0.25) is 4.98 Å². The number of ether oxygens (including phenoxy) is 1. The van der Waals surface area contributed by atoms with Gasteiger partial charge in [0.1, 0.15) is 0 Å². The van der Waals surface area contributed by atoms with Gasteiger partial charge < -0.3 is 4.74 Å². The molecule has 2 heterocycles. The van der Waals surface area contributed by atoms with Gasteiger partial charge in [0, 0.05) is 17.3 Å². The van der Waals surface area contributed by atoms with Crippen molar-refractivity contribution in [1.29, 1.82) is 0 Å². The van der Waals surface area contributed by atoms with E-state index in [1.165, 1.54) is 0 Å². The fraction of sp³-hybridized carbons (Fsp3) is 0.500. The van der Waals surface area contributed by atoms with Crippen molar-refractivity contribution in [1.82, 2.24) is 4.98 Å². The fourth-order valence-corrected chi connectivity index (χ4v) is 4.03. The summed E-state index contributed by atoms with van der Waals surface area (Å²) >= 11 is 9.18. The highest BCUT2D eigenvalue weighted by atomic mass is 79.9. The minimum atomic E-state index is -3.24. The summed E-state index contributed by atoms with van der Waals surface area (Å²) < 4.78 is 29.9. The Kier molecular flexibility index (Phi) is 4.07. The summed E-state index contributed by atoms with van der Waals surface area (Å²) in [5, 5.41) is -0.0640. The summed E-state index contributed by atoms with van der Waals surface area (Å²) in [5.41, 5.74) is 0.391. The maximum absolute atomic E-state index is 12.0. The van der Waals surface area contributed by atoms with Crippen LogP contribution in [0.3, 0.4) is 0 Å². The molecular weight excluding hydrogens is 330 g/mol. The highest BCUT2D eigenvalue weighted by Gasteiger charge is 2.30. The summed E-state index contributed by atoms with van der Waals surface area (Å²) in [4.78, 5) is 4.04. The average molecular weight is 341 g/mol. The molecule has 1 aliphatic heterocycles. The van der Waals surface area contributed by atoms with Crippen LogP contribution in [0.15, 0.2) is 16.7 Å². The Morgan fingerprint density at radius 2 is 2.35 bits per heavy atom. The molecule has 4 nitrogen and oxygen atoms in total. The van der Waals surface area contributed by atoms with E-state index in [0.29, 0.717) is 23.7 Å². The maximum atomic E-state index is 12.0. The zero-order valence-corrected chi connectivity index (χ0v) is 12.1. The Bertz CT molecular complexity index is 514. The van der Waals surface area contributed by atoms with Crippen LogP contribution in [0.1, 0.15) is 12.1 Å². The molecule has 0 radical (unpaired) electrons. The number of aromatic nitrogens is 1. The molecule has 1 aliphatic rings. The molecule has 1 atom stereocenters. The minimum absolute atomic E-state index is 0.132. The Balaban J connectivity index is 2.19. The van der Waals surface area contributed by atoms with Crippen LogP contribution in [0, 0.1) is 0 Å². The lowest BCUT2D eigenvalue weighted by Gasteiger charge is -2.10. The van der Waals surface area contributed by atoms with Crippen molar-refractivity contribution < 1.29 is 13.2 Å². The normalized spacial score (nSPS) is 20.7. The van der Waals surface area contributed by atoms with E-state index in [-0.39, 0.29) is 12.4 Å². The van der Waals surface area contributed by atoms with Crippen molar-refractivity contribution in [2.24, 2.45) is 0 Å². The molecule has 0 N–H and O–H groups in total. The molecule has 94 valence electrons. The van der Waals surface area contributed by atoms with Crippen molar-refractivity contribution in [2.45, 2.75) is 17.4 Å². The van der Waals surface area contributed by atoms with Crippen LogP contribution in [0.4, 0.5) is 0 Å². The number of hydrogen-bond donors (Lipinski definition) is 0. The largest absolute Gasteiger partial charge is 0.380 e. The van der Waals surface area contributed by atoms with Gasteiger partial charge in [-0.15, -0.1) is 0 Å². The van der Waals surface area contributed by atoms with Gasteiger partial charge in [-0.2, -0.15) is 0 Å². The Hall–Kier alpha value is -0.170. The summed E-state index contributed by atoms with van der Waals surface area (Å²) in [6, 6.07) is 1.64. The number of hydrogen-bond acceptors (Lipinski definition) is 4. The lowest BCUT2D eigenvalue weighted by Crippen LogP contribution is -2.23. The third-order valence-electron chi connectivity index (χ3n) is 2.62. The predicted octanol–water partition coefficient (Wildman–Crippen LogP) is 2.20. The maximum Gasteiger partial charge on any atom is 0.161 e. The number of rotatable bonds is 3. The molecule has 1 unspecified atom stereocenters. The van der Waals surface area contributed by atoms with Crippen molar-refractivity contribution in [3.63, 3.8) is 0 Å². The third-order valence-corrected chi connectivity index (χ3v) is 5.44. The molecule has 0 aliphatic carbocycles. The number of sulfone groups is 1. The van der Waals surface area contributed by atoms with Gasteiger partial charge in [0.2, 0.25) is 0 Å². The number of halogens is 2. The molecular formula is C10H11BrClNO3S. The fourth-order valence-electron chi connectivity index (χ4n) is 1.65. The van der Waals surface area contributed by atoms with Crippen LogP contribution in [0.5, 0.6) is 0 Å². The van der Waals surface area contributed by atoms with Crippen molar-refractivity contribution in [3.8, 4) is 0 Å². The van der Waals surface area contributed by atoms with Crippen LogP contribution in [-0.4, -0.2) is 31.9 Å². The van der Waals surface area contributed by atoms with E-state index in [1.807, 2.05) is 0 Å². The molecule has 0 saturated carbocycles. The monoisotopic (exact) mass is 339 g/mol. The Morgan fingerprint density at radius 3 is 2.94 bits per heavy atom. The molecule has 1 fully saturated rings. The molecule has 0 aromatic carbocycles. The first-order valence-corrected chi connectivity index (χ1v) is 7.97. The van der Waals surface area contributed by atoms with Gasteiger partial charge >= 0.3 is 0 Å². The first-order valence-electron chi connectivity index (χ1n) is 5.08. The van der Waals surface area contributed by atoms with E-state index in [0.717, 1.165) is 4.47 Å². The van der Waals surface area contributed by atoms with Gasteiger partial charge in [0.25, 0.3) is 0 Å². The highest BCUT2D eigenvalue weighted by Crippen LogP contribution is 2.24. The SMILES string of the molecule is O=S(=O)(Cc1ncc(Br)cc1Cl)C1CCOC1. The summed E-state index contributed by atoms with van der Waals surface area (Å²) in [6.07, 6.45) is 2.10. The number of nitrogens with zero attached hydrogens (tertiary/aromatic N) is 1. The molecule has 0 amide bonds. The lowest BCUT2D eigenvalue weighted by molar-refractivity contribution is 0.198. The first kappa shape index (κ1) is 13.3. The van der Waals surface area contributed by atoms with E-state index >= 15 is 0 Å². The van der Waals surface area contributed by atoms with E-state index in [9.17, 15) is 8.42 Å². The predicted molar refractivity (Wildman–Crippen MR) is 68.8 cm³/mol. The molecule has 1 aromatic rings. The average Bonchev–Trinajstić information content (AvgIpc) is 2.76. The van der Waals surface area contributed by atoms with Gasteiger partial charge in [0.05, 0.1) is 28.3 Å². The van der Waals surface area contributed by atoms with Crippen LogP contribution >= 0.6 is 27.5 Å². The van der Waals surface area contributed by atoms with E-state index in [2.05, 4.69) is 20.9 Å². The van der Waals surface area contributed by atoms with Crippen LogP contribution < -0.4 is 0 Å². The van der Waals surface area contributed by atoms with Crippen LogP contribution in [0.25, 0.3) is 0 Å². The molecule has 0 bridgehead atoms. The Labute approximate surface area is 113 Å². The highest BCUT2D eigenvalue weighted by molar-refractivity contribution is 9.10. The van der Waals surface area contributed by atoms with Crippen molar-refractivity contribution >= 4 is 37.4 Å². The second kappa shape index (κ2) is 5.22. The van der Waals surface area contributed by atoms with Crippen molar-refractivity contribution in [2.75, 3.05) is 13.2 Å². The summed E-state index contributed by atoms with van der Waals surface area (Å²) in [5.74, 6) is -0.132.